The number of rotatable bonds is 2. The van der Waals surface area contributed by atoms with Gasteiger partial charge in [-0.15, -0.1) is 0 Å². The van der Waals surface area contributed by atoms with Gasteiger partial charge in [0.25, 0.3) is 0 Å². The van der Waals surface area contributed by atoms with Crippen LogP contribution in [0.25, 0.3) is 0 Å². The van der Waals surface area contributed by atoms with Crippen molar-refractivity contribution < 1.29 is 0 Å². The fraction of sp³-hybridized carbons (Fsp3) is 0.455. The average Bonchev–Trinajstić information content (AvgIpc) is 2.23. The third-order valence-electron chi connectivity index (χ3n) is 2.69. The molecule has 0 atom stereocenters. The van der Waals surface area contributed by atoms with Gasteiger partial charge in [0, 0.05) is 32.0 Å². The Bertz CT molecular complexity index is 314. The van der Waals surface area contributed by atoms with E-state index in [1.54, 1.807) is 0 Å². The molecule has 0 amide bonds. The third kappa shape index (κ3) is 1.73. The van der Waals surface area contributed by atoms with Crippen LogP contribution in [0.1, 0.15) is 0 Å². The molecule has 76 valence electrons. The molecular formula is C11H15BrN2. The molecule has 0 spiro atoms. The van der Waals surface area contributed by atoms with Gasteiger partial charge >= 0.3 is 0 Å². The first kappa shape index (κ1) is 9.84. The Hall–Kier alpha value is -0.700. The maximum Gasteiger partial charge on any atom is 0.0604 e. The van der Waals surface area contributed by atoms with E-state index >= 15 is 0 Å². The van der Waals surface area contributed by atoms with Crippen LogP contribution in [0.3, 0.4) is 0 Å². The van der Waals surface area contributed by atoms with Gasteiger partial charge in [-0.2, -0.15) is 0 Å². The highest BCUT2D eigenvalue weighted by Crippen LogP contribution is 2.31. The number of hydrogen-bond donors (Lipinski definition) is 0. The zero-order chi connectivity index (χ0) is 9.97. The van der Waals surface area contributed by atoms with E-state index in [1.807, 2.05) is 0 Å². The Morgan fingerprint density at radius 1 is 1.21 bits per heavy atom. The zero-order valence-electron chi connectivity index (χ0n) is 8.41. The Kier molecular flexibility index (Phi) is 2.96. The highest BCUT2D eigenvalue weighted by atomic mass is 79.9. The van der Waals surface area contributed by atoms with Crippen molar-refractivity contribution in [2.45, 2.75) is 0 Å². The van der Waals surface area contributed by atoms with Gasteiger partial charge in [0.05, 0.1) is 11.4 Å². The summed E-state index contributed by atoms with van der Waals surface area (Å²) in [5, 5.41) is 1.03. The second-order valence-corrected chi connectivity index (χ2v) is 4.38. The summed E-state index contributed by atoms with van der Waals surface area (Å²) in [7, 11) is 2.16. The molecule has 2 nitrogen and oxygen atoms in total. The Labute approximate surface area is 93.6 Å². The van der Waals surface area contributed by atoms with Crippen molar-refractivity contribution >= 4 is 27.3 Å². The molecule has 1 aromatic rings. The van der Waals surface area contributed by atoms with Crippen LogP contribution in [0.2, 0.25) is 0 Å². The fourth-order valence-electron chi connectivity index (χ4n) is 1.90. The van der Waals surface area contributed by atoms with E-state index in [0.29, 0.717) is 0 Å². The summed E-state index contributed by atoms with van der Waals surface area (Å²) in [6, 6.07) is 8.61. The lowest BCUT2D eigenvalue weighted by atomic mass is 10.2. The monoisotopic (exact) mass is 254 g/mol. The molecule has 1 heterocycles. The molecule has 0 aromatic heterocycles. The number of nitrogens with zero attached hydrogens (tertiary/aromatic N) is 2. The molecule has 2 rings (SSSR count). The molecular weight excluding hydrogens is 240 g/mol. The SMILES string of the molecule is CN1CCN(CCBr)c2ccccc21. The minimum atomic E-state index is 1.03. The predicted molar refractivity (Wildman–Crippen MR) is 65.7 cm³/mol. The van der Waals surface area contributed by atoms with E-state index in [0.717, 1.165) is 25.0 Å². The summed E-state index contributed by atoms with van der Waals surface area (Å²) in [6.07, 6.45) is 0. The Morgan fingerprint density at radius 3 is 2.64 bits per heavy atom. The van der Waals surface area contributed by atoms with E-state index in [4.69, 9.17) is 0 Å². The van der Waals surface area contributed by atoms with Crippen molar-refractivity contribution in [3.05, 3.63) is 24.3 Å². The van der Waals surface area contributed by atoms with Crippen molar-refractivity contribution in [3.8, 4) is 0 Å². The maximum absolute atomic E-state index is 3.50. The molecule has 0 fully saturated rings. The van der Waals surface area contributed by atoms with Crippen LogP contribution in [0.5, 0.6) is 0 Å². The maximum atomic E-state index is 3.50. The van der Waals surface area contributed by atoms with Gasteiger partial charge in [0.2, 0.25) is 0 Å². The number of para-hydroxylation sites is 2. The molecule has 14 heavy (non-hydrogen) atoms. The first-order chi connectivity index (χ1) is 6.83. The number of fused-ring (bicyclic) bond motifs is 1. The van der Waals surface area contributed by atoms with Crippen LogP contribution < -0.4 is 9.80 Å². The lowest BCUT2D eigenvalue weighted by Gasteiger charge is -2.36. The summed E-state index contributed by atoms with van der Waals surface area (Å²) < 4.78 is 0. The van der Waals surface area contributed by atoms with Crippen LogP contribution in [-0.4, -0.2) is 32.0 Å². The van der Waals surface area contributed by atoms with E-state index in [9.17, 15) is 0 Å². The highest BCUT2D eigenvalue weighted by Gasteiger charge is 2.18. The van der Waals surface area contributed by atoms with Crippen LogP contribution in [0.4, 0.5) is 11.4 Å². The van der Waals surface area contributed by atoms with E-state index in [2.05, 4.69) is 57.0 Å². The van der Waals surface area contributed by atoms with Crippen molar-refractivity contribution in [2.75, 3.05) is 41.8 Å². The summed E-state index contributed by atoms with van der Waals surface area (Å²) >= 11 is 3.50. The molecule has 1 aliphatic rings. The van der Waals surface area contributed by atoms with Crippen LogP contribution in [0.15, 0.2) is 24.3 Å². The van der Waals surface area contributed by atoms with Gasteiger partial charge in [-0.25, -0.2) is 0 Å². The quantitative estimate of drug-likeness (QED) is 0.748. The van der Waals surface area contributed by atoms with Gasteiger partial charge in [-0.1, -0.05) is 28.1 Å². The first-order valence-electron chi connectivity index (χ1n) is 4.94. The Balaban J connectivity index is 2.31. The molecule has 1 aliphatic heterocycles. The number of halogens is 1. The molecule has 0 N–H and O–H groups in total. The van der Waals surface area contributed by atoms with Gasteiger partial charge in [-0.3, -0.25) is 0 Å². The minimum absolute atomic E-state index is 1.03. The molecule has 3 heteroatoms. The molecule has 1 aromatic carbocycles. The van der Waals surface area contributed by atoms with Crippen LogP contribution >= 0.6 is 15.9 Å². The van der Waals surface area contributed by atoms with Crippen molar-refractivity contribution in [3.63, 3.8) is 0 Å². The van der Waals surface area contributed by atoms with E-state index < -0.39 is 0 Å². The zero-order valence-corrected chi connectivity index (χ0v) is 10.00. The molecule has 0 unspecified atom stereocenters. The second-order valence-electron chi connectivity index (χ2n) is 3.59. The molecule has 0 saturated heterocycles. The minimum Gasteiger partial charge on any atom is -0.371 e. The third-order valence-corrected chi connectivity index (χ3v) is 3.05. The van der Waals surface area contributed by atoms with Crippen molar-refractivity contribution in [1.29, 1.82) is 0 Å². The number of benzene rings is 1. The standard InChI is InChI=1S/C11H15BrN2/c1-13-8-9-14(7-6-12)11-5-3-2-4-10(11)13/h2-5H,6-9H2,1H3. The van der Waals surface area contributed by atoms with Gasteiger partial charge in [-0.05, 0) is 12.1 Å². The van der Waals surface area contributed by atoms with Gasteiger partial charge in [0.15, 0.2) is 0 Å². The summed E-state index contributed by atoms with van der Waals surface area (Å²) in [5.74, 6) is 0. The summed E-state index contributed by atoms with van der Waals surface area (Å²) in [5.41, 5.74) is 2.71. The number of likely N-dealkylation sites (N-methyl/N-ethyl adjacent to an activating group) is 1. The van der Waals surface area contributed by atoms with Crippen LogP contribution in [0, 0.1) is 0 Å². The average molecular weight is 255 g/mol. The fourth-order valence-corrected chi connectivity index (χ4v) is 2.33. The van der Waals surface area contributed by atoms with Gasteiger partial charge < -0.3 is 9.80 Å². The number of hydrogen-bond acceptors (Lipinski definition) is 2. The molecule has 0 aliphatic carbocycles. The van der Waals surface area contributed by atoms with Crippen LogP contribution in [-0.2, 0) is 0 Å². The van der Waals surface area contributed by atoms with E-state index in [-0.39, 0.29) is 0 Å². The number of anilines is 2. The summed E-state index contributed by atoms with van der Waals surface area (Å²) in [6.45, 7) is 3.33. The van der Waals surface area contributed by atoms with E-state index in [1.165, 1.54) is 11.4 Å². The smallest absolute Gasteiger partial charge is 0.0604 e. The highest BCUT2D eigenvalue weighted by molar-refractivity contribution is 9.09. The molecule has 0 saturated carbocycles. The van der Waals surface area contributed by atoms with Crippen molar-refractivity contribution in [2.24, 2.45) is 0 Å². The predicted octanol–water partition coefficient (Wildman–Crippen LogP) is 2.34. The number of alkyl halides is 1. The largest absolute Gasteiger partial charge is 0.371 e. The topological polar surface area (TPSA) is 6.48 Å². The normalized spacial score (nSPS) is 15.6. The first-order valence-corrected chi connectivity index (χ1v) is 6.06. The molecule has 0 bridgehead atoms. The summed E-state index contributed by atoms with van der Waals surface area (Å²) in [4.78, 5) is 4.75. The Morgan fingerprint density at radius 2 is 1.93 bits per heavy atom. The van der Waals surface area contributed by atoms with Crippen molar-refractivity contribution in [1.82, 2.24) is 0 Å². The lowest BCUT2D eigenvalue weighted by Crippen LogP contribution is -2.39. The lowest BCUT2D eigenvalue weighted by molar-refractivity contribution is 0.758. The molecule has 0 radical (unpaired) electrons. The second kappa shape index (κ2) is 4.22. The van der Waals surface area contributed by atoms with Gasteiger partial charge in [0.1, 0.15) is 0 Å².